The average Bonchev–Trinajstić information content (AvgIpc) is 2.65. The first-order valence-electron chi connectivity index (χ1n) is 10.6. The third-order valence-electron chi connectivity index (χ3n) is 4.23. The van der Waals surface area contributed by atoms with Gasteiger partial charge in [-0.25, -0.2) is 0 Å². The number of hydrogen-bond acceptors (Lipinski definition) is 7. The zero-order valence-electron chi connectivity index (χ0n) is 19.4. The predicted molar refractivity (Wildman–Crippen MR) is 122 cm³/mol. The largest absolute Gasteiger partial charge is 0.347 e. The van der Waals surface area contributed by atoms with Crippen molar-refractivity contribution in [3.8, 4) is 0 Å². The number of nitrogens with one attached hydrogen (secondary N) is 1. The van der Waals surface area contributed by atoms with Crippen LogP contribution in [0.1, 0.15) is 66.1 Å². The van der Waals surface area contributed by atoms with Gasteiger partial charge in [0, 0.05) is 5.54 Å². The maximum absolute atomic E-state index is 13.8. The van der Waals surface area contributed by atoms with E-state index in [9.17, 15) is 9.13 Å². The van der Waals surface area contributed by atoms with Gasteiger partial charge in [-0.3, -0.25) is 14.4 Å². The first kappa shape index (κ1) is 27.5. The van der Waals surface area contributed by atoms with Crippen LogP contribution in [0, 0.1) is 0 Å². The van der Waals surface area contributed by atoms with E-state index in [0.29, 0.717) is 0 Å². The second-order valence-corrected chi connectivity index (χ2v) is 12.3. The molecule has 0 heterocycles. The highest BCUT2D eigenvalue weighted by Crippen LogP contribution is 2.65. The SMILES string of the molecule is CCOP(=O)(OCC)C(CC(c1ccccc1)P(=O)(OCC)OCC)NC(C)(C)C. The second kappa shape index (κ2) is 12.5. The van der Waals surface area contributed by atoms with Gasteiger partial charge in [-0.15, -0.1) is 0 Å². The Labute approximate surface area is 182 Å². The molecule has 0 saturated carbocycles. The highest BCUT2D eigenvalue weighted by molar-refractivity contribution is 7.55. The second-order valence-electron chi connectivity index (χ2n) is 7.82. The molecule has 0 aliphatic carbocycles. The molecular weight excluding hydrogens is 424 g/mol. The van der Waals surface area contributed by atoms with Gasteiger partial charge in [-0.2, -0.15) is 0 Å². The molecule has 0 fully saturated rings. The Kier molecular flexibility index (Phi) is 11.5. The molecule has 0 aromatic heterocycles. The van der Waals surface area contributed by atoms with E-state index in [4.69, 9.17) is 18.1 Å². The molecule has 0 radical (unpaired) electrons. The van der Waals surface area contributed by atoms with Crippen LogP contribution in [-0.2, 0) is 27.2 Å². The van der Waals surface area contributed by atoms with Crippen LogP contribution in [0.3, 0.4) is 0 Å². The Morgan fingerprint density at radius 2 is 1.23 bits per heavy atom. The topological polar surface area (TPSA) is 83.1 Å². The van der Waals surface area contributed by atoms with E-state index in [0.717, 1.165) is 5.56 Å². The van der Waals surface area contributed by atoms with Crippen molar-refractivity contribution in [1.29, 1.82) is 0 Å². The van der Waals surface area contributed by atoms with Crippen LogP contribution in [0.4, 0.5) is 0 Å². The molecule has 1 aromatic carbocycles. The standard InChI is InChI=1S/C21H39NO6P2/c1-8-25-29(23,26-9-2)19(18-15-13-12-14-16-18)17-20(22-21(5,6)7)30(24,27-10-3)28-11-4/h12-16,19-20,22H,8-11,17H2,1-7H3. The van der Waals surface area contributed by atoms with Crippen molar-refractivity contribution < 1.29 is 27.2 Å². The van der Waals surface area contributed by atoms with E-state index in [1.165, 1.54) is 0 Å². The van der Waals surface area contributed by atoms with E-state index >= 15 is 0 Å². The smallest absolute Gasteiger partial charge is 0.308 e. The summed E-state index contributed by atoms with van der Waals surface area (Å²) in [4.78, 5) is 0. The van der Waals surface area contributed by atoms with Gasteiger partial charge in [-0.1, -0.05) is 30.3 Å². The van der Waals surface area contributed by atoms with Crippen molar-refractivity contribution in [2.75, 3.05) is 26.4 Å². The van der Waals surface area contributed by atoms with Crippen LogP contribution in [0.15, 0.2) is 30.3 Å². The van der Waals surface area contributed by atoms with Crippen LogP contribution in [-0.4, -0.2) is 37.7 Å². The quantitative estimate of drug-likeness (QED) is 0.321. The van der Waals surface area contributed by atoms with Crippen molar-refractivity contribution in [3.05, 3.63) is 35.9 Å². The molecule has 0 spiro atoms. The lowest BCUT2D eigenvalue weighted by molar-refractivity contribution is 0.192. The number of hydrogen-bond donors (Lipinski definition) is 1. The van der Waals surface area contributed by atoms with Crippen LogP contribution in [0.2, 0.25) is 0 Å². The van der Waals surface area contributed by atoms with Gasteiger partial charge in [0.05, 0.1) is 32.1 Å². The Balaban J connectivity index is 3.50. The first-order valence-corrected chi connectivity index (χ1v) is 13.9. The van der Waals surface area contributed by atoms with Crippen molar-refractivity contribution in [2.45, 2.75) is 71.9 Å². The zero-order chi connectivity index (χ0) is 22.8. The predicted octanol–water partition coefficient (Wildman–Crippen LogP) is 6.36. The third-order valence-corrected chi connectivity index (χ3v) is 9.08. The molecule has 174 valence electrons. The van der Waals surface area contributed by atoms with Crippen LogP contribution >= 0.6 is 15.2 Å². The van der Waals surface area contributed by atoms with Crippen molar-refractivity contribution in [3.63, 3.8) is 0 Å². The summed E-state index contributed by atoms with van der Waals surface area (Å²) < 4.78 is 50.2. The molecule has 0 aliphatic rings. The van der Waals surface area contributed by atoms with Gasteiger partial charge >= 0.3 is 15.2 Å². The van der Waals surface area contributed by atoms with Gasteiger partial charge < -0.3 is 18.1 Å². The molecule has 1 aromatic rings. The van der Waals surface area contributed by atoms with E-state index < -0.39 is 26.6 Å². The lowest BCUT2D eigenvalue weighted by Gasteiger charge is -2.36. The Hall–Kier alpha value is -0.520. The van der Waals surface area contributed by atoms with Crippen LogP contribution in [0.5, 0.6) is 0 Å². The summed E-state index contributed by atoms with van der Waals surface area (Å²) >= 11 is 0. The van der Waals surface area contributed by atoms with Gasteiger partial charge in [0.15, 0.2) is 0 Å². The molecule has 0 amide bonds. The van der Waals surface area contributed by atoms with Crippen LogP contribution in [0.25, 0.3) is 0 Å². The summed E-state index contributed by atoms with van der Waals surface area (Å²) in [6.45, 7) is 14.0. The van der Waals surface area contributed by atoms with E-state index in [1.54, 1.807) is 27.7 Å². The lowest BCUT2D eigenvalue weighted by Crippen LogP contribution is -2.44. The Morgan fingerprint density at radius 3 is 1.63 bits per heavy atom. The summed E-state index contributed by atoms with van der Waals surface area (Å²) in [5, 5.41) is 3.38. The fraction of sp³-hybridized carbons (Fsp3) is 0.714. The minimum Gasteiger partial charge on any atom is -0.308 e. The Bertz CT molecular complexity index is 687. The maximum atomic E-state index is 13.8. The summed E-state index contributed by atoms with van der Waals surface area (Å²) in [5.74, 6) is -0.697. The van der Waals surface area contributed by atoms with Crippen molar-refractivity contribution in [2.24, 2.45) is 0 Å². The van der Waals surface area contributed by atoms with E-state index in [2.05, 4.69) is 5.32 Å². The monoisotopic (exact) mass is 463 g/mol. The lowest BCUT2D eigenvalue weighted by atomic mass is 10.1. The normalized spacial score (nSPS) is 15.2. The number of rotatable bonds is 14. The number of benzene rings is 1. The highest BCUT2D eigenvalue weighted by Gasteiger charge is 2.45. The molecule has 0 saturated heterocycles. The molecule has 9 heteroatoms. The summed E-state index contributed by atoms with van der Waals surface area (Å²) in [7, 11) is -7.10. The summed E-state index contributed by atoms with van der Waals surface area (Å²) in [6, 6.07) is 9.41. The first-order chi connectivity index (χ1) is 14.0. The van der Waals surface area contributed by atoms with Gasteiger partial charge in [0.1, 0.15) is 5.78 Å². The molecule has 2 atom stereocenters. The van der Waals surface area contributed by atoms with Gasteiger partial charge in [0.25, 0.3) is 0 Å². The molecule has 30 heavy (non-hydrogen) atoms. The zero-order valence-corrected chi connectivity index (χ0v) is 21.2. The summed E-state index contributed by atoms with van der Waals surface area (Å²) in [5.41, 5.74) is -0.215. The minimum atomic E-state index is -3.55. The van der Waals surface area contributed by atoms with E-state index in [1.807, 2.05) is 51.1 Å². The van der Waals surface area contributed by atoms with Crippen molar-refractivity contribution >= 4 is 15.2 Å². The minimum absolute atomic E-state index is 0.204. The molecule has 1 rings (SSSR count). The van der Waals surface area contributed by atoms with Gasteiger partial charge in [-0.05, 0) is 60.5 Å². The summed E-state index contributed by atoms with van der Waals surface area (Å²) in [6.07, 6.45) is 0.204. The molecule has 0 bridgehead atoms. The average molecular weight is 463 g/mol. The van der Waals surface area contributed by atoms with Gasteiger partial charge in [0.2, 0.25) is 0 Å². The van der Waals surface area contributed by atoms with Crippen LogP contribution < -0.4 is 5.32 Å². The third kappa shape index (κ3) is 8.20. The molecule has 2 unspecified atom stereocenters. The Morgan fingerprint density at radius 1 is 0.800 bits per heavy atom. The van der Waals surface area contributed by atoms with E-state index in [-0.39, 0.29) is 38.4 Å². The fourth-order valence-corrected chi connectivity index (χ4v) is 7.75. The maximum Gasteiger partial charge on any atom is 0.347 e. The fourth-order valence-electron chi connectivity index (χ4n) is 3.26. The highest BCUT2D eigenvalue weighted by atomic mass is 31.2. The molecular formula is C21H39NO6P2. The molecule has 7 nitrogen and oxygen atoms in total. The van der Waals surface area contributed by atoms with Crippen molar-refractivity contribution in [1.82, 2.24) is 5.32 Å². The molecule has 0 aliphatic heterocycles. The molecule has 1 N–H and O–H groups in total.